The van der Waals surface area contributed by atoms with Crippen molar-refractivity contribution >= 4 is 0 Å². The summed E-state index contributed by atoms with van der Waals surface area (Å²) in [5.41, 5.74) is 1.04. The van der Waals surface area contributed by atoms with Crippen LogP contribution in [0.1, 0.15) is 18.9 Å². The molecule has 3 nitrogen and oxygen atoms in total. The second kappa shape index (κ2) is 6.82. The lowest BCUT2D eigenvalue weighted by Gasteiger charge is -2.14. The number of hydrogen-bond acceptors (Lipinski definition) is 3. The number of nitrogens with one attached hydrogen (secondary N) is 1. The van der Waals surface area contributed by atoms with Gasteiger partial charge in [-0.2, -0.15) is 0 Å². The first-order chi connectivity index (χ1) is 8.24. The van der Waals surface area contributed by atoms with Gasteiger partial charge in [0.25, 0.3) is 0 Å². The molecule has 3 heteroatoms. The lowest BCUT2D eigenvalue weighted by Crippen LogP contribution is -2.26. The first-order valence-electron chi connectivity index (χ1n) is 5.65. The summed E-state index contributed by atoms with van der Waals surface area (Å²) < 4.78 is 10.5. The van der Waals surface area contributed by atoms with E-state index >= 15 is 0 Å². The van der Waals surface area contributed by atoms with E-state index in [1.807, 2.05) is 18.2 Å². The average molecular weight is 233 g/mol. The zero-order chi connectivity index (χ0) is 12.7. The molecule has 1 N–H and O–H groups in total. The van der Waals surface area contributed by atoms with E-state index in [1.165, 1.54) is 0 Å². The zero-order valence-corrected chi connectivity index (χ0v) is 10.6. The minimum atomic E-state index is 0.0888. The van der Waals surface area contributed by atoms with Crippen LogP contribution in [-0.4, -0.2) is 20.3 Å². The molecule has 0 aromatic heterocycles. The molecule has 1 aromatic carbocycles. The predicted octanol–water partition coefficient (Wildman–Crippen LogP) is 2.21. The molecular formula is C14H19NO2. The molecule has 0 aliphatic rings. The Labute approximate surface area is 103 Å². The van der Waals surface area contributed by atoms with Gasteiger partial charge in [-0.05, 0) is 24.6 Å². The molecule has 0 spiro atoms. The maximum absolute atomic E-state index is 5.41. The molecule has 0 radical (unpaired) electrons. The van der Waals surface area contributed by atoms with Gasteiger partial charge in [0, 0.05) is 12.1 Å². The summed E-state index contributed by atoms with van der Waals surface area (Å²) in [7, 11) is 3.30. The number of methoxy groups -OCH3 is 2. The van der Waals surface area contributed by atoms with E-state index in [2.05, 4.69) is 18.2 Å². The van der Waals surface area contributed by atoms with Crippen molar-refractivity contribution in [3.05, 3.63) is 23.8 Å². The molecule has 0 saturated heterocycles. The van der Waals surface area contributed by atoms with Gasteiger partial charge in [-0.3, -0.25) is 5.32 Å². The third-order valence-electron chi connectivity index (χ3n) is 2.64. The molecule has 0 aliphatic carbocycles. The van der Waals surface area contributed by atoms with E-state index in [4.69, 9.17) is 15.9 Å². The van der Waals surface area contributed by atoms with Crippen LogP contribution in [0.5, 0.6) is 11.5 Å². The van der Waals surface area contributed by atoms with E-state index in [-0.39, 0.29) is 6.04 Å². The summed E-state index contributed by atoms with van der Waals surface area (Å²) in [5, 5.41) is 3.29. The highest BCUT2D eigenvalue weighted by molar-refractivity contribution is 5.40. The van der Waals surface area contributed by atoms with Crippen LogP contribution in [0.4, 0.5) is 0 Å². The predicted molar refractivity (Wildman–Crippen MR) is 69.3 cm³/mol. The van der Waals surface area contributed by atoms with Crippen molar-refractivity contribution in [2.45, 2.75) is 25.9 Å². The summed E-state index contributed by atoms with van der Waals surface area (Å²) >= 11 is 0. The molecule has 1 rings (SSSR count). The fourth-order valence-corrected chi connectivity index (χ4v) is 1.57. The van der Waals surface area contributed by atoms with Crippen LogP contribution in [0, 0.1) is 12.3 Å². The molecule has 1 atom stereocenters. The smallest absolute Gasteiger partial charge is 0.123 e. The molecule has 0 heterocycles. The molecule has 0 fully saturated rings. The Morgan fingerprint density at radius 1 is 1.35 bits per heavy atom. The Morgan fingerprint density at radius 2 is 2.12 bits per heavy atom. The van der Waals surface area contributed by atoms with Gasteiger partial charge >= 0.3 is 0 Å². The second-order valence-electron chi connectivity index (χ2n) is 3.69. The van der Waals surface area contributed by atoms with Gasteiger partial charge in [0.2, 0.25) is 0 Å². The number of terminal acetylenes is 1. The lowest BCUT2D eigenvalue weighted by atomic mass is 10.1. The van der Waals surface area contributed by atoms with Crippen molar-refractivity contribution in [1.29, 1.82) is 0 Å². The second-order valence-corrected chi connectivity index (χ2v) is 3.69. The first kappa shape index (κ1) is 13.4. The van der Waals surface area contributed by atoms with E-state index in [0.717, 1.165) is 23.5 Å². The summed E-state index contributed by atoms with van der Waals surface area (Å²) in [6.07, 6.45) is 6.31. The fourth-order valence-electron chi connectivity index (χ4n) is 1.57. The van der Waals surface area contributed by atoms with Crippen LogP contribution < -0.4 is 14.8 Å². The standard InChI is InChI=1S/C14H19NO2/c1-5-12(6-2)15-10-11-9-13(16-3)7-8-14(11)17-4/h1,7-9,12,15H,6,10H2,2-4H3. The van der Waals surface area contributed by atoms with Crippen molar-refractivity contribution in [1.82, 2.24) is 5.32 Å². The highest BCUT2D eigenvalue weighted by Crippen LogP contribution is 2.23. The fraction of sp³-hybridized carbons (Fsp3) is 0.429. The number of hydrogen-bond donors (Lipinski definition) is 1. The maximum Gasteiger partial charge on any atom is 0.123 e. The van der Waals surface area contributed by atoms with Crippen molar-refractivity contribution in [3.63, 3.8) is 0 Å². The van der Waals surface area contributed by atoms with Crippen molar-refractivity contribution in [2.75, 3.05) is 14.2 Å². The minimum Gasteiger partial charge on any atom is -0.497 e. The number of ether oxygens (including phenoxy) is 2. The maximum atomic E-state index is 5.41. The van der Waals surface area contributed by atoms with Gasteiger partial charge in [0.15, 0.2) is 0 Å². The Balaban J connectivity index is 2.77. The Kier molecular flexibility index (Phi) is 5.38. The molecule has 0 bridgehead atoms. The van der Waals surface area contributed by atoms with Crippen molar-refractivity contribution in [2.24, 2.45) is 0 Å². The lowest BCUT2D eigenvalue weighted by molar-refractivity contribution is 0.396. The average Bonchev–Trinajstić information content (AvgIpc) is 2.39. The summed E-state index contributed by atoms with van der Waals surface area (Å²) in [6.45, 7) is 2.73. The van der Waals surface area contributed by atoms with Gasteiger partial charge in [0.1, 0.15) is 11.5 Å². The van der Waals surface area contributed by atoms with E-state index in [9.17, 15) is 0 Å². The minimum absolute atomic E-state index is 0.0888. The molecule has 17 heavy (non-hydrogen) atoms. The van der Waals surface area contributed by atoms with Gasteiger partial charge in [-0.15, -0.1) is 6.42 Å². The van der Waals surface area contributed by atoms with Crippen LogP contribution in [0.25, 0.3) is 0 Å². The third kappa shape index (κ3) is 3.69. The Hall–Kier alpha value is -1.66. The van der Waals surface area contributed by atoms with Gasteiger partial charge in [-0.25, -0.2) is 0 Å². The van der Waals surface area contributed by atoms with Gasteiger partial charge in [-0.1, -0.05) is 12.8 Å². The monoisotopic (exact) mass is 233 g/mol. The zero-order valence-electron chi connectivity index (χ0n) is 10.6. The quantitative estimate of drug-likeness (QED) is 0.764. The summed E-state index contributed by atoms with van der Waals surface area (Å²) in [4.78, 5) is 0. The summed E-state index contributed by atoms with van der Waals surface area (Å²) in [5.74, 6) is 4.36. The SMILES string of the molecule is C#CC(CC)NCc1cc(OC)ccc1OC. The first-order valence-corrected chi connectivity index (χ1v) is 5.65. The van der Waals surface area contributed by atoms with Gasteiger partial charge < -0.3 is 9.47 Å². The highest BCUT2D eigenvalue weighted by Gasteiger charge is 2.07. The molecule has 1 unspecified atom stereocenters. The number of benzene rings is 1. The topological polar surface area (TPSA) is 30.5 Å². The summed E-state index contributed by atoms with van der Waals surface area (Å²) in [6, 6.07) is 5.81. The van der Waals surface area contributed by atoms with Crippen LogP contribution >= 0.6 is 0 Å². The third-order valence-corrected chi connectivity index (χ3v) is 2.64. The Morgan fingerprint density at radius 3 is 2.65 bits per heavy atom. The van der Waals surface area contributed by atoms with Crippen LogP contribution in [-0.2, 0) is 6.54 Å². The van der Waals surface area contributed by atoms with Crippen LogP contribution in [0.15, 0.2) is 18.2 Å². The van der Waals surface area contributed by atoms with E-state index in [1.54, 1.807) is 14.2 Å². The van der Waals surface area contributed by atoms with E-state index < -0.39 is 0 Å². The molecule has 0 saturated carbocycles. The highest BCUT2D eigenvalue weighted by atomic mass is 16.5. The molecule has 92 valence electrons. The molecule has 1 aromatic rings. The van der Waals surface area contributed by atoms with Gasteiger partial charge in [0.05, 0.1) is 20.3 Å². The molecule has 0 aliphatic heterocycles. The largest absolute Gasteiger partial charge is 0.497 e. The Bertz CT molecular complexity index is 396. The van der Waals surface area contributed by atoms with Crippen molar-refractivity contribution in [3.8, 4) is 23.8 Å². The number of rotatable bonds is 6. The van der Waals surface area contributed by atoms with Crippen LogP contribution in [0.3, 0.4) is 0 Å². The van der Waals surface area contributed by atoms with Crippen molar-refractivity contribution < 1.29 is 9.47 Å². The molecule has 0 amide bonds. The van der Waals surface area contributed by atoms with E-state index in [0.29, 0.717) is 6.54 Å². The normalized spacial score (nSPS) is 11.6. The molecular weight excluding hydrogens is 214 g/mol. The van der Waals surface area contributed by atoms with Crippen LogP contribution in [0.2, 0.25) is 0 Å².